The molecule has 16 rings (SSSR count). The maximum Gasteiger partial charge on any atom is 2.00 e. The van der Waals surface area contributed by atoms with Crippen molar-refractivity contribution < 1.29 is 123 Å². The molecule has 16 aliphatic heterocycles. The van der Waals surface area contributed by atoms with Crippen molar-refractivity contribution in [3.63, 3.8) is 0 Å². The normalized spacial score (nSPS) is 34.9. The van der Waals surface area contributed by atoms with Crippen molar-refractivity contribution in [1.82, 2.24) is 63.8 Å². The number of nitrogens with one attached hydrogen (secondary N) is 12. The van der Waals surface area contributed by atoms with E-state index in [-0.39, 0.29) is 129 Å². The van der Waals surface area contributed by atoms with Crippen LogP contribution in [0.25, 0.3) is 63.8 Å². The smallest absolute Gasteiger partial charge is 0.687 e. The molecular formula is C84H176N36Pd6. The van der Waals surface area contributed by atoms with E-state index >= 15 is 0 Å². The van der Waals surface area contributed by atoms with E-state index in [1.807, 2.05) is 12.3 Å². The van der Waals surface area contributed by atoms with Crippen LogP contribution in [0.5, 0.6) is 0 Å². The van der Waals surface area contributed by atoms with Gasteiger partial charge >= 0.3 is 123 Å². The van der Waals surface area contributed by atoms with Gasteiger partial charge in [0.2, 0.25) is 0 Å². The van der Waals surface area contributed by atoms with Crippen LogP contribution >= 0.6 is 0 Å². The van der Waals surface area contributed by atoms with Gasteiger partial charge in [-0.1, -0.05) is 159 Å². The molecule has 0 bridgehead atoms. The quantitative estimate of drug-likeness (QED) is 0.0871. The molecule has 15 saturated heterocycles. The molecular weight excluding hydrogens is 2150 g/mol. The molecule has 13 unspecified atom stereocenters. The molecule has 0 spiro atoms. The summed E-state index contributed by atoms with van der Waals surface area (Å²) in [6, 6.07) is 0. The van der Waals surface area contributed by atoms with E-state index in [4.69, 9.17) is 68.8 Å². The minimum absolute atomic E-state index is 0. The second-order valence-corrected chi connectivity index (χ2v) is 34.9. The van der Waals surface area contributed by atoms with Crippen molar-refractivity contribution in [3.05, 3.63) is 87.7 Å². The summed E-state index contributed by atoms with van der Waals surface area (Å²) in [6.07, 6.45) is 38.1. The van der Waals surface area contributed by atoms with Crippen molar-refractivity contribution in [2.45, 2.75) is 215 Å². The minimum Gasteiger partial charge on any atom is -0.687 e. The zero-order chi connectivity index (χ0) is 85.3. The predicted molar refractivity (Wildman–Crippen MR) is 501 cm³/mol. The minimum atomic E-state index is 0. The maximum atomic E-state index is 4.90. The number of hydrogen-bond donors (Lipinski definition) is 24. The summed E-state index contributed by atoms with van der Waals surface area (Å²) in [7, 11) is 0. The third-order valence-electron chi connectivity index (χ3n) is 25.4. The fourth-order valence-corrected chi connectivity index (χ4v) is 18.6. The summed E-state index contributed by atoms with van der Waals surface area (Å²) >= 11 is 0. The number of nitrogens with zero attached hydrogens (tertiary/aromatic N) is 12. The zero-order valence-electron chi connectivity index (χ0n) is 76.0. The van der Waals surface area contributed by atoms with E-state index in [1.165, 1.54) is 147 Å². The Labute approximate surface area is 845 Å². The topological polar surface area (TPSA) is 626 Å². The molecule has 36 nitrogen and oxygen atoms in total. The Bertz CT molecular complexity index is 2030. The van der Waals surface area contributed by atoms with Crippen molar-refractivity contribution in [2.75, 3.05) is 229 Å². The van der Waals surface area contributed by atoms with Crippen LogP contribution in [0.1, 0.15) is 141 Å². The predicted octanol–water partition coefficient (Wildman–Crippen LogP) is 1.84. The van der Waals surface area contributed by atoms with Gasteiger partial charge in [-0.05, 0) is 65.1 Å². The molecule has 0 aliphatic carbocycles. The van der Waals surface area contributed by atoms with Crippen molar-refractivity contribution >= 4 is 0 Å². The van der Waals surface area contributed by atoms with Gasteiger partial charge < -0.3 is 133 Å². The van der Waals surface area contributed by atoms with Crippen LogP contribution < -0.4 is 133 Å². The summed E-state index contributed by atoms with van der Waals surface area (Å²) in [5.74, 6) is 6.85. The second-order valence-electron chi connectivity index (χ2n) is 34.9. The van der Waals surface area contributed by atoms with Gasteiger partial charge in [-0.25, -0.2) is 0 Å². The van der Waals surface area contributed by atoms with Crippen LogP contribution in [0, 0.1) is 65.1 Å². The van der Waals surface area contributed by atoms with Gasteiger partial charge in [0.15, 0.2) is 0 Å². The van der Waals surface area contributed by atoms with Crippen LogP contribution in [-0.4, -0.2) is 303 Å². The fourth-order valence-electron chi connectivity index (χ4n) is 18.6. The van der Waals surface area contributed by atoms with E-state index < -0.39 is 0 Å². The molecule has 0 aromatic heterocycles. The van der Waals surface area contributed by atoms with E-state index in [0.717, 1.165) is 151 Å². The Morgan fingerprint density at radius 2 is 0.341 bits per heavy atom. The Hall–Kier alpha value is 1.85. The summed E-state index contributed by atoms with van der Waals surface area (Å²) < 4.78 is 0. The number of piperidine rings is 11. The van der Waals surface area contributed by atoms with Gasteiger partial charge in [0.25, 0.3) is 0 Å². The van der Waals surface area contributed by atoms with Gasteiger partial charge in [0.1, 0.15) is 0 Å². The molecule has 15 fully saturated rings. The molecule has 36 N–H and O–H groups in total. The molecule has 0 aromatic rings. The Morgan fingerprint density at radius 3 is 0.444 bits per heavy atom. The monoisotopic (exact) mass is 2320 g/mol. The third kappa shape index (κ3) is 49.1. The Kier molecular flexibility index (Phi) is 80.5. The van der Waals surface area contributed by atoms with Crippen molar-refractivity contribution in [1.29, 1.82) is 0 Å². The fraction of sp³-hybridized carbons (Fsp3) is 0.952. The number of nitrogens with two attached hydrogens (primary N) is 12. The number of hydrogen-bond acceptors (Lipinski definition) is 24. The zero-order valence-corrected chi connectivity index (χ0v) is 85.3. The number of allylic oxidation sites excluding steroid dienone is 2. The second kappa shape index (κ2) is 80.6. The first-order valence-corrected chi connectivity index (χ1v) is 47.6. The molecule has 13 atom stereocenters. The first-order chi connectivity index (χ1) is 59.1. The summed E-state index contributed by atoms with van der Waals surface area (Å²) in [4.78, 5) is 0. The van der Waals surface area contributed by atoms with Gasteiger partial charge in [-0.2, -0.15) is 6.20 Å². The van der Waals surface area contributed by atoms with E-state index in [1.54, 1.807) is 0 Å². The molecule has 752 valence electrons. The van der Waals surface area contributed by atoms with Crippen molar-refractivity contribution in [3.8, 4) is 0 Å². The maximum absolute atomic E-state index is 4.90. The average Bonchev–Trinajstić information content (AvgIpc) is 0.823. The van der Waals surface area contributed by atoms with E-state index in [0.29, 0.717) is 211 Å². The van der Waals surface area contributed by atoms with Crippen molar-refractivity contribution in [2.24, 2.45) is 134 Å². The Balaban J connectivity index is 0.000000760. The largest absolute Gasteiger partial charge is 2.00 e. The molecule has 126 heavy (non-hydrogen) atoms. The van der Waals surface area contributed by atoms with E-state index in [2.05, 4.69) is 134 Å². The molecule has 0 saturated carbocycles. The molecule has 42 heteroatoms. The molecule has 0 radical (unpaired) electrons. The van der Waals surface area contributed by atoms with Crippen LogP contribution in [-0.2, 0) is 123 Å². The third-order valence-corrected chi connectivity index (χ3v) is 25.4. The number of rotatable bonds is 18. The van der Waals surface area contributed by atoms with Gasteiger partial charge in [0, 0.05) is 78.5 Å². The molecule has 16 heterocycles. The standard InChI is InChI=1S/3C18H33N6.C18H29N6.6C2H8N2.6Pd/c4*1-4-13(10-19-7-1)16-22-17(14-5-2-8-20-11-14)24-18(23-16)15-6-3-9-21-12-15;6*3-1-2-4;;;;;;/h3*13-18,22-24H,1-12H2;1,4,7,14-18,22-24H,2-3,5-6,8-12H2;6*1-4H2;;;;;;/q4*-3;;;;;;;6*+2. The van der Waals surface area contributed by atoms with Crippen LogP contribution in [0.3, 0.4) is 0 Å². The summed E-state index contributed by atoms with van der Waals surface area (Å²) in [5.41, 5.74) is 60.2. The van der Waals surface area contributed by atoms with Crippen LogP contribution in [0.4, 0.5) is 0 Å². The molecule has 16 aliphatic rings. The van der Waals surface area contributed by atoms with Gasteiger partial charge in [0.05, 0.1) is 74.0 Å². The summed E-state index contributed by atoms with van der Waals surface area (Å²) in [5, 5.41) is 102. The summed E-state index contributed by atoms with van der Waals surface area (Å²) in [6.45, 7) is 30.5. The van der Waals surface area contributed by atoms with Gasteiger partial charge in [-0.15, -0.1) is 151 Å². The Morgan fingerprint density at radius 1 is 0.206 bits per heavy atom. The first kappa shape index (κ1) is 126. The first-order valence-electron chi connectivity index (χ1n) is 47.6. The van der Waals surface area contributed by atoms with Crippen LogP contribution in [0.15, 0.2) is 23.9 Å². The van der Waals surface area contributed by atoms with Crippen LogP contribution in [0.2, 0.25) is 0 Å². The van der Waals surface area contributed by atoms with Gasteiger partial charge in [-0.3, -0.25) is 63.8 Å². The molecule has 0 amide bonds. The molecule has 0 aromatic carbocycles. The average molecular weight is 2330 g/mol. The van der Waals surface area contributed by atoms with E-state index in [9.17, 15) is 0 Å². The SMILES string of the molecule is C1=C[N-]CC(C2NC(C3CCC[N-]C3)NC(C3CCC[N-]C3)N2)=C1.C1C[N-]CC(C2NC(C3CCC[N-]C3)NC(C3CCC[N-]C3)N2)C1.C1C[N-]CC(C2NC(C3CCC[N-]C3)NC(C3CCC[N-]C3)N2)C1.C1C[N-]CC(C2NC(C3CCC[N-]C3)NC(C3CCC[N-]C3)N2)C1.NCCN.NCCN.NCCN.NCCN.NCCN.NCCN.[Pd+2].[Pd+2].[Pd+2].[Pd+2].[Pd+2].[Pd+2].